The van der Waals surface area contributed by atoms with E-state index in [1.807, 2.05) is 0 Å². The molecule has 0 spiro atoms. The lowest BCUT2D eigenvalue weighted by molar-refractivity contribution is -0.143. The molecule has 0 aliphatic rings. The topological polar surface area (TPSA) is 108 Å². The minimum atomic E-state index is -0.895. The Morgan fingerprint density at radius 2 is 1.77 bits per heavy atom. The molecule has 122 valence electrons. The minimum Gasteiger partial charge on any atom is -0.497 e. The van der Waals surface area contributed by atoms with Crippen LogP contribution in [0.5, 0.6) is 11.5 Å². The maximum absolute atomic E-state index is 12.0. The molecule has 0 saturated carbocycles. The summed E-state index contributed by atoms with van der Waals surface area (Å²) in [6.45, 7) is -0.687. The predicted octanol–water partition coefficient (Wildman–Crippen LogP) is -0.544. The normalized spacial score (nSPS) is 10.0. The van der Waals surface area contributed by atoms with Crippen LogP contribution in [0.25, 0.3) is 0 Å². The van der Waals surface area contributed by atoms with Gasteiger partial charge in [-0.3, -0.25) is 9.59 Å². The first-order valence-corrected chi connectivity index (χ1v) is 6.61. The van der Waals surface area contributed by atoms with Gasteiger partial charge in [-0.05, 0) is 12.1 Å². The van der Waals surface area contributed by atoms with Crippen LogP contribution >= 0.6 is 0 Å². The lowest BCUT2D eigenvalue weighted by Crippen LogP contribution is -2.42. The zero-order chi connectivity index (χ0) is 16.5. The molecule has 8 nitrogen and oxygen atoms in total. The molecule has 8 heteroatoms. The van der Waals surface area contributed by atoms with Gasteiger partial charge in [0.2, 0.25) is 0 Å². The van der Waals surface area contributed by atoms with Crippen molar-refractivity contribution in [3.05, 3.63) is 18.2 Å². The molecular formula is C14H20N2O6. The Morgan fingerprint density at radius 3 is 2.27 bits per heavy atom. The van der Waals surface area contributed by atoms with Gasteiger partial charge in [-0.2, -0.15) is 0 Å². The highest BCUT2D eigenvalue weighted by atomic mass is 16.5. The minimum absolute atomic E-state index is 0.0396. The van der Waals surface area contributed by atoms with Crippen molar-refractivity contribution in [2.45, 2.75) is 0 Å². The number of nitrogens with one attached hydrogen (secondary N) is 1. The van der Waals surface area contributed by atoms with E-state index in [1.54, 1.807) is 12.1 Å². The molecule has 22 heavy (non-hydrogen) atoms. The summed E-state index contributed by atoms with van der Waals surface area (Å²) in [5.41, 5.74) is 0.285. The first-order valence-electron chi connectivity index (χ1n) is 6.61. The number of methoxy groups -OCH3 is 2. The number of aliphatic hydroxyl groups is 2. The van der Waals surface area contributed by atoms with E-state index in [9.17, 15) is 9.59 Å². The number of hydrogen-bond donors (Lipinski definition) is 3. The molecule has 1 aromatic carbocycles. The monoisotopic (exact) mass is 312 g/mol. The average molecular weight is 312 g/mol. The van der Waals surface area contributed by atoms with Crippen LogP contribution in [0.3, 0.4) is 0 Å². The van der Waals surface area contributed by atoms with E-state index in [0.717, 1.165) is 4.90 Å². The molecule has 1 aromatic rings. The SMILES string of the molecule is COc1ccc(OC)c(NC(=O)C(=O)N(CCO)CCO)c1. The molecule has 3 N–H and O–H groups in total. The fourth-order valence-corrected chi connectivity index (χ4v) is 1.79. The summed E-state index contributed by atoms with van der Waals surface area (Å²) in [6, 6.07) is 4.77. The number of carbonyl (C=O) groups excluding carboxylic acids is 2. The number of hydrogen-bond acceptors (Lipinski definition) is 6. The van der Waals surface area contributed by atoms with Gasteiger partial charge >= 0.3 is 11.8 Å². The number of carbonyl (C=O) groups is 2. The fourth-order valence-electron chi connectivity index (χ4n) is 1.79. The molecule has 0 unspecified atom stereocenters. The van der Waals surface area contributed by atoms with Crippen LogP contribution in [-0.2, 0) is 9.59 Å². The second-order valence-electron chi connectivity index (χ2n) is 4.26. The highest BCUT2D eigenvalue weighted by Crippen LogP contribution is 2.28. The summed E-state index contributed by atoms with van der Waals surface area (Å²) in [7, 11) is 2.91. The van der Waals surface area contributed by atoms with Crippen LogP contribution < -0.4 is 14.8 Å². The molecule has 2 amide bonds. The van der Waals surface area contributed by atoms with E-state index in [0.29, 0.717) is 11.5 Å². The smallest absolute Gasteiger partial charge is 0.314 e. The number of nitrogens with zero attached hydrogens (tertiary/aromatic N) is 1. The summed E-state index contributed by atoms with van der Waals surface area (Å²) < 4.78 is 10.2. The molecule has 0 atom stereocenters. The Balaban J connectivity index is 2.88. The van der Waals surface area contributed by atoms with Crippen molar-refractivity contribution >= 4 is 17.5 Å². The Morgan fingerprint density at radius 1 is 1.14 bits per heavy atom. The number of benzene rings is 1. The molecule has 0 fully saturated rings. The molecule has 0 heterocycles. The average Bonchev–Trinajstić information content (AvgIpc) is 2.53. The van der Waals surface area contributed by atoms with Gasteiger partial charge in [0.15, 0.2) is 0 Å². The van der Waals surface area contributed by atoms with Gasteiger partial charge in [0.1, 0.15) is 11.5 Å². The van der Waals surface area contributed by atoms with E-state index in [2.05, 4.69) is 5.32 Å². The van der Waals surface area contributed by atoms with Crippen molar-refractivity contribution < 1.29 is 29.3 Å². The van der Waals surface area contributed by atoms with Crippen LogP contribution in [0.4, 0.5) is 5.69 Å². The second-order valence-corrected chi connectivity index (χ2v) is 4.26. The molecule has 0 bridgehead atoms. The van der Waals surface area contributed by atoms with Gasteiger partial charge in [-0.15, -0.1) is 0 Å². The van der Waals surface area contributed by atoms with E-state index in [1.165, 1.54) is 20.3 Å². The number of anilines is 1. The first-order chi connectivity index (χ1) is 10.6. The molecule has 0 aromatic heterocycles. The Hall–Kier alpha value is -2.32. The molecule has 0 aliphatic carbocycles. The highest BCUT2D eigenvalue weighted by Gasteiger charge is 2.22. The fraction of sp³-hybridized carbons (Fsp3) is 0.429. The van der Waals surface area contributed by atoms with Crippen LogP contribution in [-0.4, -0.2) is 67.5 Å². The lowest BCUT2D eigenvalue weighted by atomic mass is 10.2. The summed E-state index contributed by atoms with van der Waals surface area (Å²) in [5, 5.41) is 20.2. The third-order valence-corrected chi connectivity index (χ3v) is 2.88. The summed E-state index contributed by atoms with van der Waals surface area (Å²) in [4.78, 5) is 25.1. The maximum Gasteiger partial charge on any atom is 0.314 e. The van der Waals surface area contributed by atoms with Crippen LogP contribution in [0.2, 0.25) is 0 Å². The van der Waals surface area contributed by atoms with Crippen LogP contribution in [0.15, 0.2) is 18.2 Å². The van der Waals surface area contributed by atoms with Crippen molar-refractivity contribution in [2.24, 2.45) is 0 Å². The molecule has 0 saturated heterocycles. The van der Waals surface area contributed by atoms with Gasteiger partial charge in [-0.25, -0.2) is 0 Å². The number of rotatable bonds is 7. The summed E-state index contributed by atoms with van der Waals surface area (Å²) in [6.07, 6.45) is 0. The first kappa shape index (κ1) is 17.7. The molecule has 0 radical (unpaired) electrons. The second kappa shape index (κ2) is 8.85. The molecule has 1 rings (SSSR count). The third kappa shape index (κ3) is 4.61. The van der Waals surface area contributed by atoms with E-state index in [4.69, 9.17) is 19.7 Å². The van der Waals surface area contributed by atoms with Gasteiger partial charge < -0.3 is 29.9 Å². The lowest BCUT2D eigenvalue weighted by Gasteiger charge is -2.20. The van der Waals surface area contributed by atoms with E-state index < -0.39 is 11.8 Å². The summed E-state index contributed by atoms with van der Waals surface area (Å²) >= 11 is 0. The Kier molecular flexibility index (Phi) is 7.14. The maximum atomic E-state index is 12.0. The predicted molar refractivity (Wildman–Crippen MR) is 78.9 cm³/mol. The molecular weight excluding hydrogens is 292 g/mol. The van der Waals surface area contributed by atoms with Crippen molar-refractivity contribution in [3.63, 3.8) is 0 Å². The Bertz CT molecular complexity index is 514. The third-order valence-electron chi connectivity index (χ3n) is 2.88. The van der Waals surface area contributed by atoms with E-state index >= 15 is 0 Å². The number of amides is 2. The van der Waals surface area contributed by atoms with Gasteiger partial charge in [0.25, 0.3) is 0 Å². The van der Waals surface area contributed by atoms with Gasteiger partial charge in [0.05, 0.1) is 33.1 Å². The van der Waals surface area contributed by atoms with Gasteiger partial charge in [0, 0.05) is 19.2 Å². The highest BCUT2D eigenvalue weighted by molar-refractivity contribution is 6.39. The van der Waals surface area contributed by atoms with Crippen molar-refractivity contribution in [1.29, 1.82) is 0 Å². The zero-order valence-corrected chi connectivity index (χ0v) is 12.5. The van der Waals surface area contributed by atoms with Crippen molar-refractivity contribution in [2.75, 3.05) is 45.8 Å². The summed E-state index contributed by atoms with van der Waals surface area (Å²) in [5.74, 6) is -0.884. The van der Waals surface area contributed by atoms with Gasteiger partial charge in [-0.1, -0.05) is 0 Å². The zero-order valence-electron chi connectivity index (χ0n) is 12.5. The van der Waals surface area contributed by atoms with Crippen molar-refractivity contribution in [1.82, 2.24) is 4.90 Å². The quantitative estimate of drug-likeness (QED) is 0.583. The largest absolute Gasteiger partial charge is 0.497 e. The Labute approximate surface area is 128 Å². The number of ether oxygens (including phenoxy) is 2. The van der Waals surface area contributed by atoms with E-state index in [-0.39, 0.29) is 32.0 Å². The number of aliphatic hydroxyl groups excluding tert-OH is 2. The molecule has 0 aliphatic heterocycles. The van der Waals surface area contributed by atoms with Crippen LogP contribution in [0, 0.1) is 0 Å². The van der Waals surface area contributed by atoms with Crippen molar-refractivity contribution in [3.8, 4) is 11.5 Å². The standard InChI is InChI=1S/C14H20N2O6/c1-21-10-3-4-12(22-2)11(9-10)15-13(19)14(20)16(5-7-17)6-8-18/h3-4,9,17-18H,5-8H2,1-2H3,(H,15,19). The van der Waals surface area contributed by atoms with Crippen LogP contribution in [0.1, 0.15) is 0 Å².